The van der Waals surface area contributed by atoms with Crippen molar-refractivity contribution in [1.29, 1.82) is 0 Å². The van der Waals surface area contributed by atoms with Crippen LogP contribution in [0.5, 0.6) is 0 Å². The first kappa shape index (κ1) is 12.3. The van der Waals surface area contributed by atoms with Crippen molar-refractivity contribution in [2.45, 2.75) is 32.5 Å². The maximum Gasteiger partial charge on any atom is 0.189 e. The minimum atomic E-state index is -1.42. The van der Waals surface area contributed by atoms with Crippen molar-refractivity contribution in [3.63, 3.8) is 0 Å². The van der Waals surface area contributed by atoms with Crippen LogP contribution in [0.3, 0.4) is 0 Å². The molecule has 0 spiro atoms. The number of hydrogen-bond acceptors (Lipinski definition) is 2. The van der Waals surface area contributed by atoms with Crippen LogP contribution in [0.4, 0.5) is 5.69 Å². The second kappa shape index (κ2) is 5.93. The Hall–Kier alpha value is -0.803. The Morgan fingerprint density at radius 1 is 1.20 bits per heavy atom. The average Bonchev–Trinajstić information content (AvgIpc) is 2.19. The van der Waals surface area contributed by atoms with Crippen LogP contribution in [-0.2, 0) is 4.43 Å². The molecule has 3 heteroatoms. The molecule has 0 amide bonds. The molecular weight excluding hydrogens is 202 g/mol. The molecule has 0 radical (unpaired) electrons. The zero-order valence-electron chi connectivity index (χ0n) is 9.92. The summed E-state index contributed by atoms with van der Waals surface area (Å²) in [5, 5.41) is 3.27. The van der Waals surface area contributed by atoms with Crippen molar-refractivity contribution in [2.75, 3.05) is 12.0 Å². The van der Waals surface area contributed by atoms with E-state index in [1.165, 1.54) is 12.5 Å². The van der Waals surface area contributed by atoms with Gasteiger partial charge < -0.3 is 9.74 Å². The molecular formula is C12H21NOSi. The molecule has 15 heavy (non-hydrogen) atoms. The van der Waals surface area contributed by atoms with Crippen LogP contribution in [-0.4, -0.2) is 15.0 Å². The standard InChI is InChI=1S/C12H21NOSi/c1-4-10-15(2,3)14-11-13-12-8-6-5-7-9-12/h5-9,13H,4,10-11H2,1-3H3. The van der Waals surface area contributed by atoms with Crippen molar-refractivity contribution in [1.82, 2.24) is 0 Å². The summed E-state index contributed by atoms with van der Waals surface area (Å²) >= 11 is 0. The highest BCUT2D eigenvalue weighted by molar-refractivity contribution is 6.71. The highest BCUT2D eigenvalue weighted by Crippen LogP contribution is 2.13. The summed E-state index contributed by atoms with van der Waals surface area (Å²) in [5.41, 5.74) is 1.12. The lowest BCUT2D eigenvalue weighted by atomic mass is 10.3. The normalized spacial score (nSPS) is 11.4. The van der Waals surface area contributed by atoms with Crippen molar-refractivity contribution in [2.24, 2.45) is 0 Å². The van der Waals surface area contributed by atoms with Crippen molar-refractivity contribution in [3.05, 3.63) is 30.3 Å². The Kier molecular flexibility index (Phi) is 4.85. The Labute approximate surface area is 93.8 Å². The van der Waals surface area contributed by atoms with E-state index in [9.17, 15) is 0 Å². The van der Waals surface area contributed by atoms with Gasteiger partial charge in [-0.05, 0) is 31.3 Å². The first-order chi connectivity index (χ1) is 7.14. The van der Waals surface area contributed by atoms with E-state index < -0.39 is 8.32 Å². The van der Waals surface area contributed by atoms with Gasteiger partial charge in [0.25, 0.3) is 0 Å². The molecule has 0 atom stereocenters. The second-order valence-corrected chi connectivity index (χ2v) is 8.65. The zero-order chi connectivity index (χ0) is 11.1. The molecule has 0 saturated carbocycles. The first-order valence-electron chi connectivity index (χ1n) is 5.57. The van der Waals surface area contributed by atoms with Gasteiger partial charge in [0.2, 0.25) is 0 Å². The molecule has 0 aliphatic rings. The molecule has 0 heterocycles. The van der Waals surface area contributed by atoms with Crippen LogP contribution in [0.25, 0.3) is 0 Å². The van der Waals surface area contributed by atoms with E-state index >= 15 is 0 Å². The van der Waals surface area contributed by atoms with Crippen molar-refractivity contribution < 1.29 is 4.43 Å². The van der Waals surface area contributed by atoms with E-state index in [1.54, 1.807) is 0 Å². The number of para-hydroxylation sites is 1. The Bertz CT molecular complexity index is 274. The SMILES string of the molecule is CCC[Si](C)(C)OCNc1ccccc1. The van der Waals surface area contributed by atoms with Gasteiger partial charge in [-0.25, -0.2) is 0 Å². The minimum absolute atomic E-state index is 0.628. The highest BCUT2D eigenvalue weighted by atomic mass is 28.4. The molecule has 1 N–H and O–H groups in total. The maximum absolute atomic E-state index is 5.90. The number of anilines is 1. The van der Waals surface area contributed by atoms with Gasteiger partial charge in [0.15, 0.2) is 8.32 Å². The Morgan fingerprint density at radius 2 is 1.87 bits per heavy atom. The van der Waals surface area contributed by atoms with E-state index in [0.717, 1.165) is 5.69 Å². The summed E-state index contributed by atoms with van der Waals surface area (Å²) in [6.07, 6.45) is 1.21. The van der Waals surface area contributed by atoms with Crippen molar-refractivity contribution in [3.8, 4) is 0 Å². The monoisotopic (exact) mass is 223 g/mol. The fourth-order valence-electron chi connectivity index (χ4n) is 1.55. The van der Waals surface area contributed by atoms with Crippen LogP contribution in [0.2, 0.25) is 19.1 Å². The third kappa shape index (κ3) is 5.00. The number of benzene rings is 1. The van der Waals surface area contributed by atoms with Crippen LogP contribution in [0, 0.1) is 0 Å². The minimum Gasteiger partial charge on any atom is -0.400 e. The molecule has 0 unspecified atom stereocenters. The third-order valence-electron chi connectivity index (χ3n) is 2.37. The number of rotatable bonds is 6. The number of nitrogens with one attached hydrogen (secondary N) is 1. The van der Waals surface area contributed by atoms with E-state index in [0.29, 0.717) is 6.73 Å². The lowest BCUT2D eigenvalue weighted by molar-refractivity contribution is 0.335. The molecule has 1 rings (SSSR count). The first-order valence-corrected chi connectivity index (χ1v) is 8.68. The van der Waals surface area contributed by atoms with Gasteiger partial charge in [-0.2, -0.15) is 0 Å². The molecule has 2 nitrogen and oxygen atoms in total. The van der Waals surface area contributed by atoms with E-state index in [4.69, 9.17) is 4.43 Å². The van der Waals surface area contributed by atoms with Gasteiger partial charge in [-0.15, -0.1) is 0 Å². The van der Waals surface area contributed by atoms with Gasteiger partial charge in [-0.3, -0.25) is 0 Å². The van der Waals surface area contributed by atoms with Gasteiger partial charge >= 0.3 is 0 Å². The quantitative estimate of drug-likeness (QED) is 0.586. The lowest BCUT2D eigenvalue weighted by Crippen LogP contribution is -2.32. The summed E-state index contributed by atoms with van der Waals surface area (Å²) in [6.45, 7) is 7.37. The molecule has 0 aromatic heterocycles. The van der Waals surface area contributed by atoms with E-state index in [-0.39, 0.29) is 0 Å². The molecule has 1 aromatic rings. The zero-order valence-corrected chi connectivity index (χ0v) is 10.9. The van der Waals surface area contributed by atoms with Crippen molar-refractivity contribution >= 4 is 14.0 Å². The topological polar surface area (TPSA) is 21.3 Å². The van der Waals surface area contributed by atoms with Gasteiger partial charge in [0.05, 0.1) is 0 Å². The lowest BCUT2D eigenvalue weighted by Gasteiger charge is -2.22. The summed E-state index contributed by atoms with van der Waals surface area (Å²) in [6, 6.07) is 11.4. The molecule has 0 aliphatic carbocycles. The predicted molar refractivity (Wildman–Crippen MR) is 68.6 cm³/mol. The molecule has 0 saturated heterocycles. The maximum atomic E-state index is 5.90. The summed E-state index contributed by atoms with van der Waals surface area (Å²) in [5.74, 6) is 0. The largest absolute Gasteiger partial charge is 0.400 e. The van der Waals surface area contributed by atoms with Crippen LogP contribution < -0.4 is 5.32 Å². The van der Waals surface area contributed by atoms with Gasteiger partial charge in [0, 0.05) is 5.69 Å². The molecule has 84 valence electrons. The second-order valence-electron chi connectivity index (χ2n) is 4.34. The third-order valence-corrected chi connectivity index (χ3v) is 4.99. The molecule has 1 aromatic carbocycles. The smallest absolute Gasteiger partial charge is 0.189 e. The van der Waals surface area contributed by atoms with Gasteiger partial charge in [-0.1, -0.05) is 31.5 Å². The fourth-order valence-corrected chi connectivity index (χ4v) is 3.36. The number of hydrogen-bond donors (Lipinski definition) is 1. The fraction of sp³-hybridized carbons (Fsp3) is 0.500. The van der Waals surface area contributed by atoms with Crippen LogP contribution in [0.1, 0.15) is 13.3 Å². The Morgan fingerprint density at radius 3 is 2.47 bits per heavy atom. The average molecular weight is 223 g/mol. The molecule has 0 fully saturated rings. The molecule has 0 bridgehead atoms. The Balaban J connectivity index is 2.27. The summed E-state index contributed by atoms with van der Waals surface area (Å²) in [4.78, 5) is 0. The summed E-state index contributed by atoms with van der Waals surface area (Å²) in [7, 11) is -1.42. The summed E-state index contributed by atoms with van der Waals surface area (Å²) < 4.78 is 5.90. The highest BCUT2D eigenvalue weighted by Gasteiger charge is 2.20. The van der Waals surface area contributed by atoms with E-state index in [2.05, 4.69) is 37.5 Å². The van der Waals surface area contributed by atoms with Gasteiger partial charge in [0.1, 0.15) is 6.73 Å². The predicted octanol–water partition coefficient (Wildman–Crippen LogP) is 3.69. The van der Waals surface area contributed by atoms with Crippen LogP contribution in [0.15, 0.2) is 30.3 Å². The van der Waals surface area contributed by atoms with E-state index in [1.807, 2.05) is 18.2 Å². The van der Waals surface area contributed by atoms with Crippen LogP contribution >= 0.6 is 0 Å². The molecule has 0 aliphatic heterocycles.